The summed E-state index contributed by atoms with van der Waals surface area (Å²) in [4.78, 5) is 25.6. The molecule has 0 saturated carbocycles. The Morgan fingerprint density at radius 1 is 1.16 bits per heavy atom. The summed E-state index contributed by atoms with van der Waals surface area (Å²) in [6.45, 7) is 4.61. The van der Waals surface area contributed by atoms with Gasteiger partial charge in [0.15, 0.2) is 5.13 Å². The number of aryl methyl sites for hydroxylation is 2. The minimum atomic E-state index is -0.0756. The molecule has 9 heteroatoms. The number of ether oxygens (including phenoxy) is 1. The molecule has 1 aromatic carbocycles. The number of fused-ring (bicyclic) bond motifs is 1. The normalized spacial score (nSPS) is 11.2. The molecule has 3 aromatic heterocycles. The van der Waals surface area contributed by atoms with E-state index < -0.39 is 0 Å². The minimum Gasteiger partial charge on any atom is -0.384 e. The number of anilines is 1. The van der Waals surface area contributed by atoms with Crippen LogP contribution in [-0.4, -0.2) is 44.2 Å². The molecule has 4 rings (SSSR count). The molecule has 0 unspecified atom stereocenters. The number of rotatable bonds is 8. The van der Waals surface area contributed by atoms with Crippen molar-refractivity contribution in [1.29, 1.82) is 0 Å². The number of thiazole rings is 1. The highest BCUT2D eigenvalue weighted by Gasteiger charge is 2.14. The topological polar surface area (TPSA) is 94.3 Å². The van der Waals surface area contributed by atoms with Crippen LogP contribution < -0.4 is 5.32 Å². The van der Waals surface area contributed by atoms with Gasteiger partial charge >= 0.3 is 0 Å². The second-order valence-electron chi connectivity index (χ2n) is 7.26. The van der Waals surface area contributed by atoms with Crippen molar-refractivity contribution in [2.45, 2.75) is 33.1 Å². The largest absolute Gasteiger partial charge is 0.384 e. The van der Waals surface area contributed by atoms with Gasteiger partial charge in [0.05, 0.1) is 12.3 Å². The molecule has 0 aliphatic carbocycles. The quantitative estimate of drug-likeness (QED) is 0.453. The van der Waals surface area contributed by atoms with E-state index in [1.807, 2.05) is 31.4 Å². The van der Waals surface area contributed by atoms with E-state index in [0.29, 0.717) is 30.4 Å². The van der Waals surface area contributed by atoms with E-state index in [9.17, 15) is 4.79 Å². The first-order valence-electron chi connectivity index (χ1n) is 10.0. The van der Waals surface area contributed by atoms with Gasteiger partial charge in [0.25, 0.3) is 5.78 Å². The predicted octanol–water partition coefficient (Wildman–Crippen LogP) is 3.62. The number of nitrogens with zero attached hydrogens (tertiary/aromatic N) is 5. The fourth-order valence-electron chi connectivity index (χ4n) is 3.46. The molecule has 4 aromatic rings. The summed E-state index contributed by atoms with van der Waals surface area (Å²) in [5.74, 6) is 0.499. The summed E-state index contributed by atoms with van der Waals surface area (Å²) in [6.07, 6.45) is 3.28. The van der Waals surface area contributed by atoms with E-state index in [0.717, 1.165) is 34.6 Å². The Bertz CT molecular complexity index is 1200. The molecule has 0 aliphatic heterocycles. The molecule has 1 amide bonds. The number of methoxy groups -OCH3 is 1. The third-order valence-corrected chi connectivity index (χ3v) is 5.94. The van der Waals surface area contributed by atoms with Crippen LogP contribution >= 0.6 is 11.3 Å². The van der Waals surface area contributed by atoms with Gasteiger partial charge in [-0.15, -0.1) is 11.3 Å². The van der Waals surface area contributed by atoms with Crippen LogP contribution in [0, 0.1) is 13.8 Å². The molecule has 1 N–H and O–H groups in total. The van der Waals surface area contributed by atoms with Gasteiger partial charge in [-0.2, -0.15) is 10.1 Å². The predicted molar refractivity (Wildman–Crippen MR) is 120 cm³/mol. The molecule has 0 atom stereocenters. The molecule has 0 saturated heterocycles. The van der Waals surface area contributed by atoms with E-state index in [2.05, 4.69) is 37.5 Å². The Balaban J connectivity index is 1.37. The average Bonchev–Trinajstić information content (AvgIpc) is 3.42. The van der Waals surface area contributed by atoms with Crippen LogP contribution in [-0.2, 0) is 22.4 Å². The van der Waals surface area contributed by atoms with Gasteiger partial charge in [0, 0.05) is 35.9 Å². The summed E-state index contributed by atoms with van der Waals surface area (Å²) in [7, 11) is 1.70. The molecule has 0 radical (unpaired) electrons. The monoisotopic (exact) mass is 436 g/mol. The number of carbonyl (C=O) groups excluding carboxylic acids is 1. The van der Waals surface area contributed by atoms with E-state index in [1.54, 1.807) is 11.6 Å². The molecule has 0 spiro atoms. The van der Waals surface area contributed by atoms with E-state index in [4.69, 9.17) is 4.74 Å². The Labute approximate surface area is 184 Å². The first kappa shape index (κ1) is 21.1. The Morgan fingerprint density at radius 2 is 1.97 bits per heavy atom. The highest BCUT2D eigenvalue weighted by molar-refractivity contribution is 7.14. The average molecular weight is 437 g/mol. The third-order valence-electron chi connectivity index (χ3n) is 5.19. The van der Waals surface area contributed by atoms with Crippen LogP contribution in [0.25, 0.3) is 17.0 Å². The van der Waals surface area contributed by atoms with Crippen molar-refractivity contribution in [1.82, 2.24) is 24.6 Å². The van der Waals surface area contributed by atoms with Gasteiger partial charge in [-0.25, -0.2) is 14.5 Å². The first-order chi connectivity index (χ1) is 15.0. The second kappa shape index (κ2) is 9.32. The van der Waals surface area contributed by atoms with E-state index in [-0.39, 0.29) is 5.91 Å². The molecule has 31 heavy (non-hydrogen) atoms. The Kier molecular flexibility index (Phi) is 6.34. The zero-order valence-corrected chi connectivity index (χ0v) is 18.6. The fraction of sp³-hybridized carbons (Fsp3) is 0.318. The van der Waals surface area contributed by atoms with Crippen molar-refractivity contribution < 1.29 is 9.53 Å². The lowest BCUT2D eigenvalue weighted by Crippen LogP contribution is -2.14. The lowest BCUT2D eigenvalue weighted by molar-refractivity contribution is -0.116. The Morgan fingerprint density at radius 3 is 2.74 bits per heavy atom. The van der Waals surface area contributed by atoms with Gasteiger partial charge in [-0.1, -0.05) is 24.3 Å². The first-order valence-corrected chi connectivity index (χ1v) is 10.9. The van der Waals surface area contributed by atoms with Crippen LogP contribution in [0.4, 0.5) is 5.13 Å². The number of carbonyl (C=O) groups is 1. The van der Waals surface area contributed by atoms with Crippen LogP contribution in [0.5, 0.6) is 0 Å². The molecule has 0 fully saturated rings. The standard InChI is InChI=1S/C22H24N6O2S/c1-14-18(15(2)28-21(25-14)23-13-24-28)8-9-20(29)27-22-26-19(12-31-22)17-6-4-16(5-7-17)10-11-30-3/h4-7,12-13H,8-11H2,1-3H3,(H,26,27,29). The Hall–Kier alpha value is -3.17. The molecular weight excluding hydrogens is 412 g/mol. The van der Waals surface area contributed by atoms with Crippen LogP contribution in [0.3, 0.4) is 0 Å². The molecule has 3 heterocycles. The summed E-state index contributed by atoms with van der Waals surface area (Å²) >= 11 is 1.42. The highest BCUT2D eigenvalue weighted by atomic mass is 32.1. The van der Waals surface area contributed by atoms with Crippen molar-refractivity contribution in [2.75, 3.05) is 19.0 Å². The van der Waals surface area contributed by atoms with Crippen LogP contribution in [0.1, 0.15) is 28.9 Å². The smallest absolute Gasteiger partial charge is 0.252 e. The molecule has 160 valence electrons. The van der Waals surface area contributed by atoms with E-state index >= 15 is 0 Å². The number of benzene rings is 1. The molecule has 0 aliphatic rings. The lowest BCUT2D eigenvalue weighted by Gasteiger charge is -2.10. The van der Waals surface area contributed by atoms with Crippen molar-refractivity contribution in [3.05, 3.63) is 58.5 Å². The van der Waals surface area contributed by atoms with Crippen molar-refractivity contribution >= 4 is 28.2 Å². The zero-order chi connectivity index (χ0) is 21.8. The van der Waals surface area contributed by atoms with Gasteiger partial charge in [-0.05, 0) is 37.8 Å². The van der Waals surface area contributed by atoms with Gasteiger partial charge in [-0.3, -0.25) is 4.79 Å². The summed E-state index contributed by atoms with van der Waals surface area (Å²) in [6, 6.07) is 8.25. The van der Waals surface area contributed by atoms with Crippen LogP contribution in [0.15, 0.2) is 36.0 Å². The zero-order valence-electron chi connectivity index (χ0n) is 17.8. The third kappa shape index (κ3) is 4.78. The highest BCUT2D eigenvalue weighted by Crippen LogP contribution is 2.25. The maximum atomic E-state index is 12.5. The van der Waals surface area contributed by atoms with Gasteiger partial charge < -0.3 is 10.1 Å². The number of amides is 1. The molecular formula is C22H24N6O2S. The van der Waals surface area contributed by atoms with E-state index in [1.165, 1.54) is 23.2 Å². The summed E-state index contributed by atoms with van der Waals surface area (Å²) in [5.41, 5.74) is 5.94. The van der Waals surface area contributed by atoms with Crippen molar-refractivity contribution in [3.63, 3.8) is 0 Å². The van der Waals surface area contributed by atoms with Gasteiger partial charge in [0.1, 0.15) is 6.33 Å². The van der Waals surface area contributed by atoms with Gasteiger partial charge in [0.2, 0.25) is 5.91 Å². The van der Waals surface area contributed by atoms with Crippen LogP contribution in [0.2, 0.25) is 0 Å². The number of hydrogen-bond acceptors (Lipinski definition) is 7. The summed E-state index contributed by atoms with van der Waals surface area (Å²) in [5, 5.41) is 9.66. The number of nitrogens with one attached hydrogen (secondary N) is 1. The molecule has 0 bridgehead atoms. The summed E-state index contributed by atoms with van der Waals surface area (Å²) < 4.78 is 6.82. The van der Waals surface area contributed by atoms with Crippen molar-refractivity contribution in [2.24, 2.45) is 0 Å². The number of hydrogen-bond donors (Lipinski definition) is 1. The SMILES string of the molecule is COCCc1ccc(-c2csc(NC(=O)CCc3c(C)nc4ncnn4c3C)n2)cc1. The second-order valence-corrected chi connectivity index (χ2v) is 8.12. The maximum Gasteiger partial charge on any atom is 0.252 e. The fourth-order valence-corrected chi connectivity index (χ4v) is 4.20. The lowest BCUT2D eigenvalue weighted by atomic mass is 10.1. The maximum absolute atomic E-state index is 12.5. The number of aromatic nitrogens is 5. The minimum absolute atomic E-state index is 0.0756. The molecule has 8 nitrogen and oxygen atoms in total. The van der Waals surface area contributed by atoms with Crippen molar-refractivity contribution in [3.8, 4) is 11.3 Å².